The first-order chi connectivity index (χ1) is 9.99. The molecule has 0 fully saturated rings. The summed E-state index contributed by atoms with van der Waals surface area (Å²) in [5, 5.41) is 10.4. The molecule has 2 rings (SSSR count). The van der Waals surface area contributed by atoms with E-state index in [0.29, 0.717) is 16.8 Å². The number of nitrogens with two attached hydrogens (primary N) is 1. The monoisotopic (exact) mass is 291 g/mol. The lowest BCUT2D eigenvalue weighted by Crippen LogP contribution is -2.30. The average Bonchev–Trinajstić information content (AvgIpc) is 2.89. The molecule has 1 unspecified atom stereocenters. The normalized spacial score (nSPS) is 12.2. The van der Waals surface area contributed by atoms with Crippen molar-refractivity contribution in [1.82, 2.24) is 20.3 Å². The van der Waals surface area contributed by atoms with E-state index in [0.717, 1.165) is 0 Å². The van der Waals surface area contributed by atoms with Crippen molar-refractivity contribution in [2.24, 2.45) is 5.73 Å². The molecule has 1 amide bonds. The number of carbonyl (C=O) groups excluding carboxylic acids is 1. The van der Waals surface area contributed by atoms with Gasteiger partial charge in [-0.25, -0.2) is 9.07 Å². The number of amides is 1. The van der Waals surface area contributed by atoms with Crippen molar-refractivity contribution >= 4 is 5.91 Å². The molecule has 0 saturated carbocycles. The second-order valence-electron chi connectivity index (χ2n) is 4.91. The molecule has 112 valence electrons. The second-order valence-corrected chi connectivity index (χ2v) is 4.91. The first-order valence-electron chi connectivity index (χ1n) is 6.64. The van der Waals surface area contributed by atoms with Crippen LogP contribution in [0.5, 0.6) is 0 Å². The smallest absolute Gasteiger partial charge is 0.242 e. The Labute approximate surface area is 122 Å². The lowest BCUT2D eigenvalue weighted by molar-refractivity contribution is -0.122. The minimum absolute atomic E-state index is 0.0473. The van der Waals surface area contributed by atoms with Crippen molar-refractivity contribution in [3.05, 3.63) is 47.0 Å². The van der Waals surface area contributed by atoms with Crippen molar-refractivity contribution in [1.29, 1.82) is 0 Å². The van der Waals surface area contributed by atoms with Gasteiger partial charge < -0.3 is 11.1 Å². The quantitative estimate of drug-likeness (QED) is 0.862. The third kappa shape index (κ3) is 3.85. The zero-order valence-corrected chi connectivity index (χ0v) is 12.0. The number of nitrogens with zero attached hydrogens (tertiary/aromatic N) is 3. The van der Waals surface area contributed by atoms with Crippen molar-refractivity contribution in [3.63, 3.8) is 0 Å². The molecular weight excluding hydrogens is 273 g/mol. The predicted molar refractivity (Wildman–Crippen MR) is 75.6 cm³/mol. The van der Waals surface area contributed by atoms with Crippen LogP contribution in [0.4, 0.5) is 4.39 Å². The highest BCUT2D eigenvalue weighted by Crippen LogP contribution is 2.16. The molecule has 7 heteroatoms. The van der Waals surface area contributed by atoms with Crippen LogP contribution in [0, 0.1) is 12.7 Å². The minimum Gasteiger partial charge on any atom is -0.348 e. The molecule has 0 spiro atoms. The van der Waals surface area contributed by atoms with Crippen LogP contribution in [0.25, 0.3) is 0 Å². The number of aromatic nitrogens is 3. The zero-order chi connectivity index (χ0) is 15.4. The summed E-state index contributed by atoms with van der Waals surface area (Å²) >= 11 is 0. The molecule has 3 N–H and O–H groups in total. The third-order valence-electron chi connectivity index (χ3n) is 3.17. The summed E-state index contributed by atoms with van der Waals surface area (Å²) in [7, 11) is 0. The van der Waals surface area contributed by atoms with Gasteiger partial charge in [0.25, 0.3) is 0 Å². The molecule has 0 saturated heterocycles. The van der Waals surface area contributed by atoms with Gasteiger partial charge in [-0.3, -0.25) is 4.79 Å². The standard InChI is InChI=1S/C14H18FN5O/c1-9-3-4-11(5-13(9)15)10(2)17-14(21)8-20-7-12(6-16)18-19-20/h3-5,7,10H,6,8,16H2,1-2H3,(H,17,21). The fourth-order valence-corrected chi connectivity index (χ4v) is 1.91. The van der Waals surface area contributed by atoms with Crippen LogP contribution in [-0.4, -0.2) is 20.9 Å². The Morgan fingerprint density at radius 3 is 2.90 bits per heavy atom. The van der Waals surface area contributed by atoms with E-state index >= 15 is 0 Å². The molecule has 6 nitrogen and oxygen atoms in total. The van der Waals surface area contributed by atoms with Crippen molar-refractivity contribution in [2.75, 3.05) is 0 Å². The van der Waals surface area contributed by atoms with Crippen molar-refractivity contribution < 1.29 is 9.18 Å². The molecule has 0 radical (unpaired) electrons. The first kappa shape index (κ1) is 15.1. The molecule has 1 heterocycles. The van der Waals surface area contributed by atoms with E-state index in [1.165, 1.54) is 10.7 Å². The topological polar surface area (TPSA) is 85.8 Å². The summed E-state index contributed by atoms with van der Waals surface area (Å²) in [4.78, 5) is 11.9. The average molecular weight is 291 g/mol. The predicted octanol–water partition coefficient (Wildman–Crippen LogP) is 1.06. The van der Waals surface area contributed by atoms with Crippen molar-refractivity contribution in [3.8, 4) is 0 Å². The Morgan fingerprint density at radius 2 is 2.29 bits per heavy atom. The Morgan fingerprint density at radius 1 is 1.52 bits per heavy atom. The van der Waals surface area contributed by atoms with Crippen LogP contribution in [0.1, 0.15) is 29.8 Å². The maximum Gasteiger partial charge on any atom is 0.242 e. The van der Waals surface area contributed by atoms with E-state index in [1.807, 2.05) is 0 Å². The highest BCUT2D eigenvalue weighted by atomic mass is 19.1. The fourth-order valence-electron chi connectivity index (χ4n) is 1.91. The maximum atomic E-state index is 13.5. The second kappa shape index (κ2) is 6.45. The van der Waals surface area contributed by atoms with Gasteiger partial charge >= 0.3 is 0 Å². The SMILES string of the molecule is Cc1ccc(C(C)NC(=O)Cn2cc(CN)nn2)cc1F. The molecule has 0 aliphatic heterocycles. The van der Waals surface area contributed by atoms with E-state index in [2.05, 4.69) is 15.6 Å². The van der Waals surface area contributed by atoms with Gasteiger partial charge in [-0.05, 0) is 31.0 Å². The Kier molecular flexibility index (Phi) is 4.64. The molecule has 21 heavy (non-hydrogen) atoms. The highest BCUT2D eigenvalue weighted by molar-refractivity contribution is 5.76. The molecule has 1 aromatic carbocycles. The zero-order valence-electron chi connectivity index (χ0n) is 12.0. The minimum atomic E-state index is -0.287. The van der Waals surface area contributed by atoms with Gasteiger partial charge in [0.15, 0.2) is 0 Å². The van der Waals surface area contributed by atoms with E-state index in [-0.39, 0.29) is 30.9 Å². The summed E-state index contributed by atoms with van der Waals surface area (Å²) in [5.41, 5.74) is 7.34. The van der Waals surface area contributed by atoms with E-state index < -0.39 is 0 Å². The number of carbonyl (C=O) groups is 1. The fraction of sp³-hybridized carbons (Fsp3) is 0.357. The largest absolute Gasteiger partial charge is 0.348 e. The van der Waals surface area contributed by atoms with E-state index in [1.54, 1.807) is 32.2 Å². The van der Waals surface area contributed by atoms with Gasteiger partial charge in [-0.2, -0.15) is 0 Å². The van der Waals surface area contributed by atoms with Crippen LogP contribution < -0.4 is 11.1 Å². The Bertz CT molecular complexity index is 640. The number of benzene rings is 1. The van der Waals surface area contributed by atoms with Gasteiger partial charge in [0.05, 0.1) is 17.9 Å². The molecule has 1 aromatic heterocycles. The van der Waals surface area contributed by atoms with Crippen LogP contribution in [0.3, 0.4) is 0 Å². The summed E-state index contributed by atoms with van der Waals surface area (Å²) < 4.78 is 14.9. The molecule has 1 atom stereocenters. The van der Waals surface area contributed by atoms with E-state index in [4.69, 9.17) is 5.73 Å². The van der Waals surface area contributed by atoms with Crippen LogP contribution in [-0.2, 0) is 17.9 Å². The van der Waals surface area contributed by atoms with Crippen LogP contribution >= 0.6 is 0 Å². The number of hydrogen-bond donors (Lipinski definition) is 2. The van der Waals surface area contributed by atoms with E-state index in [9.17, 15) is 9.18 Å². The molecule has 0 aliphatic rings. The van der Waals surface area contributed by atoms with Crippen LogP contribution in [0.2, 0.25) is 0 Å². The summed E-state index contributed by atoms with van der Waals surface area (Å²) in [6, 6.07) is 4.64. The number of hydrogen-bond acceptors (Lipinski definition) is 4. The summed E-state index contributed by atoms with van der Waals surface area (Å²) in [6.07, 6.45) is 1.62. The lowest BCUT2D eigenvalue weighted by Gasteiger charge is -2.14. The summed E-state index contributed by atoms with van der Waals surface area (Å²) in [5.74, 6) is -0.505. The number of nitrogens with one attached hydrogen (secondary N) is 1. The molecular formula is C14H18FN5O. The number of halogens is 1. The van der Waals surface area contributed by atoms with Crippen LogP contribution in [0.15, 0.2) is 24.4 Å². The third-order valence-corrected chi connectivity index (χ3v) is 3.17. The lowest BCUT2D eigenvalue weighted by atomic mass is 10.1. The van der Waals surface area contributed by atoms with Gasteiger partial charge in [0, 0.05) is 6.54 Å². The van der Waals surface area contributed by atoms with Gasteiger partial charge in [0.2, 0.25) is 5.91 Å². The molecule has 0 bridgehead atoms. The first-order valence-corrected chi connectivity index (χ1v) is 6.64. The Hall–Kier alpha value is -2.28. The van der Waals surface area contributed by atoms with Gasteiger partial charge in [-0.15, -0.1) is 5.10 Å². The van der Waals surface area contributed by atoms with Gasteiger partial charge in [0.1, 0.15) is 12.4 Å². The van der Waals surface area contributed by atoms with Gasteiger partial charge in [-0.1, -0.05) is 17.3 Å². The number of aryl methyl sites for hydroxylation is 1. The number of rotatable bonds is 5. The molecule has 2 aromatic rings. The van der Waals surface area contributed by atoms with Crippen molar-refractivity contribution in [2.45, 2.75) is 33.0 Å². The Balaban J connectivity index is 1.96. The highest BCUT2D eigenvalue weighted by Gasteiger charge is 2.12. The summed E-state index contributed by atoms with van der Waals surface area (Å²) in [6.45, 7) is 3.82. The maximum absolute atomic E-state index is 13.5. The molecule has 0 aliphatic carbocycles.